The van der Waals surface area contributed by atoms with Gasteiger partial charge in [-0.2, -0.15) is 0 Å². The van der Waals surface area contributed by atoms with Crippen LogP contribution in [0.2, 0.25) is 0 Å². The van der Waals surface area contributed by atoms with Crippen molar-refractivity contribution in [1.82, 2.24) is 0 Å². The maximum atomic E-state index is 12.7. The van der Waals surface area contributed by atoms with Crippen LogP contribution >= 0.6 is 44.5 Å². The van der Waals surface area contributed by atoms with E-state index in [-0.39, 0.29) is 4.47 Å². The van der Waals surface area contributed by atoms with Crippen LogP contribution in [-0.4, -0.2) is 0 Å². The first kappa shape index (κ1) is 9.48. The van der Waals surface area contributed by atoms with E-state index in [0.717, 1.165) is 6.07 Å². The van der Waals surface area contributed by atoms with Gasteiger partial charge < -0.3 is 0 Å². The smallest absolute Gasteiger partial charge is 0.174 e. The molecule has 11 heavy (non-hydrogen) atoms. The van der Waals surface area contributed by atoms with Crippen molar-refractivity contribution < 1.29 is 8.78 Å². The van der Waals surface area contributed by atoms with Crippen LogP contribution in [0.25, 0.3) is 0 Å². The van der Waals surface area contributed by atoms with Crippen LogP contribution in [0.3, 0.4) is 0 Å². The largest absolute Gasteiger partial charge is 0.204 e. The summed E-state index contributed by atoms with van der Waals surface area (Å²) in [5.41, 5.74) is 0. The quantitative estimate of drug-likeness (QED) is 0.421. The fourth-order valence-electron chi connectivity index (χ4n) is 0.557. The predicted octanol–water partition coefficient (Wildman–Crippen LogP) is 3.78. The molecule has 0 saturated carbocycles. The summed E-state index contributed by atoms with van der Waals surface area (Å²) < 4.78 is 25.7. The van der Waals surface area contributed by atoms with E-state index in [2.05, 4.69) is 44.5 Å². The third-order valence-electron chi connectivity index (χ3n) is 1.09. The Labute approximate surface area is 84.7 Å². The van der Waals surface area contributed by atoms with Gasteiger partial charge in [-0.1, -0.05) is 0 Å². The molecule has 0 aliphatic rings. The van der Waals surface area contributed by atoms with E-state index in [0.29, 0.717) is 9.37 Å². The highest BCUT2D eigenvalue weighted by atomic mass is 79.9. The van der Waals surface area contributed by atoms with E-state index < -0.39 is 11.6 Å². The van der Waals surface area contributed by atoms with Gasteiger partial charge in [0.25, 0.3) is 0 Å². The Hall–Kier alpha value is 0.390. The second-order valence-electron chi connectivity index (χ2n) is 1.82. The van der Waals surface area contributed by atoms with Gasteiger partial charge in [-0.3, -0.25) is 0 Å². The SMILES string of the molecule is Fc1cc(Br)c(S)c(Br)c1F. The van der Waals surface area contributed by atoms with Gasteiger partial charge in [-0.15, -0.1) is 12.6 Å². The summed E-state index contributed by atoms with van der Waals surface area (Å²) in [4.78, 5) is 0.351. The van der Waals surface area contributed by atoms with Gasteiger partial charge in [0.2, 0.25) is 0 Å². The summed E-state index contributed by atoms with van der Waals surface area (Å²) in [5.74, 6) is -1.82. The monoisotopic (exact) mass is 302 g/mol. The van der Waals surface area contributed by atoms with Crippen molar-refractivity contribution in [3.63, 3.8) is 0 Å². The van der Waals surface area contributed by atoms with Crippen molar-refractivity contribution in [1.29, 1.82) is 0 Å². The number of rotatable bonds is 0. The Morgan fingerprint density at radius 1 is 1.27 bits per heavy atom. The van der Waals surface area contributed by atoms with Gasteiger partial charge in [-0.25, -0.2) is 8.78 Å². The predicted molar refractivity (Wildman–Crippen MR) is 49.0 cm³/mol. The highest BCUT2D eigenvalue weighted by molar-refractivity contribution is 9.11. The van der Waals surface area contributed by atoms with Crippen molar-refractivity contribution in [2.24, 2.45) is 0 Å². The highest BCUT2D eigenvalue weighted by Crippen LogP contribution is 2.32. The molecular formula is C6H2Br2F2S. The highest BCUT2D eigenvalue weighted by Gasteiger charge is 2.12. The number of benzene rings is 1. The lowest BCUT2D eigenvalue weighted by Gasteiger charge is -2.01. The standard InChI is InChI=1S/C6H2Br2F2S/c7-2-1-3(9)5(10)4(8)6(2)11/h1,11H. The summed E-state index contributed by atoms with van der Waals surface area (Å²) in [7, 11) is 0. The summed E-state index contributed by atoms with van der Waals surface area (Å²) >= 11 is 9.81. The second-order valence-corrected chi connectivity index (χ2v) is 3.91. The van der Waals surface area contributed by atoms with Gasteiger partial charge in [0.1, 0.15) is 0 Å². The van der Waals surface area contributed by atoms with Crippen molar-refractivity contribution >= 4 is 44.5 Å². The van der Waals surface area contributed by atoms with E-state index in [1.807, 2.05) is 0 Å². The molecule has 0 atom stereocenters. The van der Waals surface area contributed by atoms with Gasteiger partial charge in [0, 0.05) is 9.37 Å². The topological polar surface area (TPSA) is 0 Å². The summed E-state index contributed by atoms with van der Waals surface area (Å²) in [6, 6.07) is 1.03. The van der Waals surface area contributed by atoms with Crippen molar-refractivity contribution in [3.8, 4) is 0 Å². The van der Waals surface area contributed by atoms with Gasteiger partial charge in [0.15, 0.2) is 11.6 Å². The minimum absolute atomic E-state index is 0.0349. The van der Waals surface area contributed by atoms with Gasteiger partial charge >= 0.3 is 0 Å². The molecule has 0 aliphatic heterocycles. The van der Waals surface area contributed by atoms with E-state index in [1.165, 1.54) is 0 Å². The molecule has 1 aromatic carbocycles. The van der Waals surface area contributed by atoms with Crippen LogP contribution in [0, 0.1) is 11.6 Å². The number of thiol groups is 1. The molecule has 0 heterocycles. The van der Waals surface area contributed by atoms with Gasteiger partial charge in [-0.05, 0) is 37.9 Å². The Balaban J connectivity index is 3.46. The summed E-state index contributed by atoms with van der Waals surface area (Å²) in [6.45, 7) is 0. The first-order valence-corrected chi connectivity index (χ1v) is 4.59. The van der Waals surface area contributed by atoms with Crippen LogP contribution in [0.1, 0.15) is 0 Å². The molecule has 1 rings (SSSR count). The molecule has 5 heteroatoms. The van der Waals surface area contributed by atoms with Crippen molar-refractivity contribution in [2.45, 2.75) is 4.90 Å². The maximum Gasteiger partial charge on any atom is 0.174 e. The average molecular weight is 304 g/mol. The molecule has 0 unspecified atom stereocenters. The van der Waals surface area contributed by atoms with E-state index in [1.54, 1.807) is 0 Å². The summed E-state index contributed by atoms with van der Waals surface area (Å²) in [5, 5.41) is 0. The molecule has 0 nitrogen and oxygen atoms in total. The van der Waals surface area contributed by atoms with Crippen LogP contribution in [0.4, 0.5) is 8.78 Å². The van der Waals surface area contributed by atoms with Crippen molar-refractivity contribution in [3.05, 3.63) is 26.6 Å². The second kappa shape index (κ2) is 3.41. The molecule has 0 amide bonds. The van der Waals surface area contributed by atoms with E-state index in [9.17, 15) is 8.78 Å². The van der Waals surface area contributed by atoms with Gasteiger partial charge in [0.05, 0.1) is 4.47 Å². The normalized spacial score (nSPS) is 10.3. The Bertz CT molecular complexity index is 275. The molecule has 0 bridgehead atoms. The minimum atomic E-state index is -0.918. The maximum absolute atomic E-state index is 12.7. The van der Waals surface area contributed by atoms with E-state index in [4.69, 9.17) is 0 Å². The lowest BCUT2D eigenvalue weighted by molar-refractivity contribution is 0.500. The molecule has 0 saturated heterocycles. The minimum Gasteiger partial charge on any atom is -0.204 e. The molecule has 0 N–H and O–H groups in total. The molecule has 0 fully saturated rings. The molecular weight excluding hydrogens is 302 g/mol. The molecule has 0 radical (unpaired) electrons. The Morgan fingerprint density at radius 3 is 2.36 bits per heavy atom. The third-order valence-corrected chi connectivity index (χ3v) is 3.54. The average Bonchev–Trinajstić information content (AvgIpc) is 1.97. The zero-order valence-corrected chi connectivity index (χ0v) is 9.10. The van der Waals surface area contributed by atoms with Crippen molar-refractivity contribution in [2.75, 3.05) is 0 Å². The third kappa shape index (κ3) is 1.76. The molecule has 0 aromatic heterocycles. The Morgan fingerprint density at radius 2 is 1.82 bits per heavy atom. The van der Waals surface area contributed by atoms with Crippen LogP contribution in [0.5, 0.6) is 0 Å². The first-order valence-electron chi connectivity index (χ1n) is 2.56. The lowest BCUT2D eigenvalue weighted by atomic mass is 10.3. The number of halogens is 4. The molecule has 0 spiro atoms. The van der Waals surface area contributed by atoms with E-state index >= 15 is 0 Å². The molecule has 0 aliphatic carbocycles. The molecule has 1 aromatic rings. The Kier molecular flexibility index (Phi) is 2.94. The van der Waals surface area contributed by atoms with Crippen LogP contribution < -0.4 is 0 Å². The zero-order valence-electron chi connectivity index (χ0n) is 5.04. The fourth-order valence-corrected chi connectivity index (χ4v) is 1.79. The fraction of sp³-hybridized carbons (Fsp3) is 0. The first-order chi connectivity index (χ1) is 5.04. The number of hydrogen-bond acceptors (Lipinski definition) is 1. The summed E-state index contributed by atoms with van der Waals surface area (Å²) in [6.07, 6.45) is 0. The lowest BCUT2D eigenvalue weighted by Crippen LogP contribution is -1.87. The van der Waals surface area contributed by atoms with Crippen LogP contribution in [-0.2, 0) is 0 Å². The number of hydrogen-bond donors (Lipinski definition) is 1. The molecule has 60 valence electrons. The van der Waals surface area contributed by atoms with Crippen LogP contribution in [0.15, 0.2) is 19.9 Å². The zero-order chi connectivity index (χ0) is 8.59.